The van der Waals surface area contributed by atoms with E-state index in [2.05, 4.69) is 25.1 Å². The zero-order chi connectivity index (χ0) is 19.3. The lowest BCUT2D eigenvalue weighted by molar-refractivity contribution is 0.0789. The van der Waals surface area contributed by atoms with E-state index in [-0.39, 0.29) is 0 Å². The predicted octanol–water partition coefficient (Wildman–Crippen LogP) is 5.64. The first kappa shape index (κ1) is 20.3. The molecule has 0 unspecified atom stereocenters. The van der Waals surface area contributed by atoms with E-state index in [1.165, 1.54) is 24.8 Å². The Kier molecular flexibility index (Phi) is 6.71. The zero-order valence-corrected chi connectivity index (χ0v) is 17.0. The number of aliphatic hydroxyl groups is 1. The van der Waals surface area contributed by atoms with Crippen LogP contribution in [0.4, 0.5) is 0 Å². The number of hydrogen-bond donors (Lipinski definition) is 1. The second kappa shape index (κ2) is 8.59. The molecule has 26 heavy (non-hydrogen) atoms. The highest BCUT2D eigenvalue weighted by Gasteiger charge is 2.26. The van der Waals surface area contributed by atoms with Crippen LogP contribution < -0.4 is 9.47 Å². The highest BCUT2D eigenvalue weighted by atomic mass is 16.5. The minimum absolute atomic E-state index is 0.779. The van der Waals surface area contributed by atoms with Gasteiger partial charge in [0.1, 0.15) is 11.5 Å². The van der Waals surface area contributed by atoms with E-state index in [4.69, 9.17) is 9.47 Å². The highest BCUT2D eigenvalue weighted by molar-refractivity contribution is 5.81. The van der Waals surface area contributed by atoms with Crippen LogP contribution in [0.25, 0.3) is 11.1 Å². The molecule has 0 aliphatic rings. The Balaban J connectivity index is 2.61. The van der Waals surface area contributed by atoms with Crippen LogP contribution in [0.1, 0.15) is 56.7 Å². The molecule has 3 heteroatoms. The molecular formula is C23H32O3. The van der Waals surface area contributed by atoms with Crippen LogP contribution in [0.3, 0.4) is 0 Å². The molecule has 0 saturated heterocycles. The number of benzene rings is 2. The topological polar surface area (TPSA) is 38.7 Å². The van der Waals surface area contributed by atoms with Gasteiger partial charge in [-0.25, -0.2) is 0 Å². The summed E-state index contributed by atoms with van der Waals surface area (Å²) >= 11 is 0. The van der Waals surface area contributed by atoms with E-state index in [0.29, 0.717) is 0 Å². The largest absolute Gasteiger partial charge is 0.496 e. The monoisotopic (exact) mass is 356 g/mol. The van der Waals surface area contributed by atoms with Gasteiger partial charge in [-0.05, 0) is 56.4 Å². The lowest BCUT2D eigenvalue weighted by Gasteiger charge is -2.25. The molecule has 2 aromatic carbocycles. The van der Waals surface area contributed by atoms with E-state index >= 15 is 0 Å². The van der Waals surface area contributed by atoms with Crippen molar-refractivity contribution in [1.82, 2.24) is 0 Å². The maximum Gasteiger partial charge on any atom is 0.130 e. The molecule has 0 aromatic heterocycles. The van der Waals surface area contributed by atoms with E-state index in [0.717, 1.165) is 40.2 Å². The summed E-state index contributed by atoms with van der Waals surface area (Å²) in [6, 6.07) is 10.3. The lowest BCUT2D eigenvalue weighted by atomic mass is 9.86. The Bertz CT molecular complexity index is 742. The van der Waals surface area contributed by atoms with Gasteiger partial charge in [0, 0.05) is 11.1 Å². The summed E-state index contributed by atoms with van der Waals surface area (Å²) in [5.74, 6) is 1.59. The zero-order valence-electron chi connectivity index (χ0n) is 17.0. The molecule has 0 saturated carbocycles. The molecule has 0 atom stereocenters. The lowest BCUT2D eigenvalue weighted by Crippen LogP contribution is -2.17. The van der Waals surface area contributed by atoms with Crippen molar-refractivity contribution in [2.45, 2.75) is 59.0 Å². The minimum Gasteiger partial charge on any atom is -0.496 e. The number of ether oxygens (including phenoxy) is 2. The summed E-state index contributed by atoms with van der Waals surface area (Å²) in [6.45, 7) is 7.83. The van der Waals surface area contributed by atoms with Gasteiger partial charge < -0.3 is 14.6 Å². The Morgan fingerprint density at radius 3 is 2.31 bits per heavy atom. The Morgan fingerprint density at radius 2 is 1.73 bits per heavy atom. The summed E-state index contributed by atoms with van der Waals surface area (Å²) in [6.07, 6.45) is 4.68. The van der Waals surface area contributed by atoms with Crippen LogP contribution in [-0.2, 0) is 12.0 Å². The normalized spacial score (nSPS) is 11.5. The van der Waals surface area contributed by atoms with Gasteiger partial charge in [0.05, 0.1) is 19.8 Å². The average Bonchev–Trinajstić information content (AvgIpc) is 2.60. The first-order valence-electron chi connectivity index (χ1n) is 9.41. The fraction of sp³-hybridized carbons (Fsp3) is 0.478. The van der Waals surface area contributed by atoms with Crippen molar-refractivity contribution in [3.05, 3.63) is 47.0 Å². The van der Waals surface area contributed by atoms with Crippen molar-refractivity contribution in [2.24, 2.45) is 0 Å². The van der Waals surface area contributed by atoms with Gasteiger partial charge in [-0.15, -0.1) is 0 Å². The Labute approximate surface area is 158 Å². The fourth-order valence-electron chi connectivity index (χ4n) is 3.40. The fourth-order valence-corrected chi connectivity index (χ4v) is 3.40. The van der Waals surface area contributed by atoms with Gasteiger partial charge in [-0.2, -0.15) is 0 Å². The first-order valence-corrected chi connectivity index (χ1v) is 9.41. The molecule has 0 aliphatic carbocycles. The quantitative estimate of drug-likeness (QED) is 0.622. The molecular weight excluding hydrogens is 324 g/mol. The van der Waals surface area contributed by atoms with Crippen molar-refractivity contribution >= 4 is 0 Å². The molecule has 0 heterocycles. The highest BCUT2D eigenvalue weighted by Crippen LogP contribution is 2.44. The average molecular weight is 357 g/mol. The van der Waals surface area contributed by atoms with Gasteiger partial charge in [-0.1, -0.05) is 44.0 Å². The molecule has 0 amide bonds. The van der Waals surface area contributed by atoms with E-state index in [1.807, 2.05) is 19.1 Å². The van der Waals surface area contributed by atoms with Crippen LogP contribution in [-0.4, -0.2) is 19.3 Å². The third-order valence-corrected chi connectivity index (χ3v) is 4.82. The standard InChI is InChI=1S/C23H32O3/c1-7-8-9-10-17-12-13-18(20(15-17)25-5)21-19(23(3,4)24)14-11-16(2)22(21)26-6/h11-15,24H,7-10H2,1-6H3. The SMILES string of the molecule is CCCCCc1ccc(-c2c(C(C)(C)O)ccc(C)c2OC)c(OC)c1. The summed E-state index contributed by atoms with van der Waals surface area (Å²) in [7, 11) is 3.37. The maximum absolute atomic E-state index is 10.7. The first-order chi connectivity index (χ1) is 12.3. The van der Waals surface area contributed by atoms with E-state index < -0.39 is 5.60 Å². The van der Waals surface area contributed by atoms with E-state index in [1.54, 1.807) is 28.1 Å². The summed E-state index contributed by atoms with van der Waals surface area (Å²) in [4.78, 5) is 0. The van der Waals surface area contributed by atoms with E-state index in [9.17, 15) is 5.11 Å². The van der Waals surface area contributed by atoms with Crippen molar-refractivity contribution < 1.29 is 14.6 Å². The van der Waals surface area contributed by atoms with Crippen LogP contribution in [0.5, 0.6) is 11.5 Å². The number of rotatable bonds is 8. The van der Waals surface area contributed by atoms with Crippen LogP contribution in [0.15, 0.2) is 30.3 Å². The third kappa shape index (κ3) is 4.39. The van der Waals surface area contributed by atoms with Crippen LogP contribution in [0.2, 0.25) is 0 Å². The number of unbranched alkanes of at least 4 members (excludes halogenated alkanes) is 2. The molecule has 2 aromatic rings. The van der Waals surface area contributed by atoms with Crippen molar-refractivity contribution in [2.75, 3.05) is 14.2 Å². The second-order valence-electron chi connectivity index (χ2n) is 7.39. The Hall–Kier alpha value is -2.00. The number of methoxy groups -OCH3 is 2. The van der Waals surface area contributed by atoms with Gasteiger partial charge >= 0.3 is 0 Å². The molecule has 0 aliphatic heterocycles. The van der Waals surface area contributed by atoms with Crippen LogP contribution >= 0.6 is 0 Å². The molecule has 2 rings (SSSR count). The summed E-state index contributed by atoms with van der Waals surface area (Å²) in [5, 5.41) is 10.7. The van der Waals surface area contributed by atoms with Gasteiger partial charge in [0.15, 0.2) is 0 Å². The van der Waals surface area contributed by atoms with Gasteiger partial charge in [-0.3, -0.25) is 0 Å². The van der Waals surface area contributed by atoms with Gasteiger partial charge in [0.2, 0.25) is 0 Å². The van der Waals surface area contributed by atoms with Gasteiger partial charge in [0.25, 0.3) is 0 Å². The number of aryl methyl sites for hydroxylation is 2. The molecule has 0 spiro atoms. The third-order valence-electron chi connectivity index (χ3n) is 4.82. The summed E-state index contributed by atoms with van der Waals surface area (Å²) in [5.41, 5.74) is 4.00. The maximum atomic E-state index is 10.7. The minimum atomic E-state index is -0.985. The van der Waals surface area contributed by atoms with Crippen molar-refractivity contribution in [3.63, 3.8) is 0 Å². The molecule has 142 valence electrons. The molecule has 0 fully saturated rings. The molecule has 3 nitrogen and oxygen atoms in total. The number of hydrogen-bond acceptors (Lipinski definition) is 3. The predicted molar refractivity (Wildman–Crippen MR) is 108 cm³/mol. The summed E-state index contributed by atoms with van der Waals surface area (Å²) < 4.78 is 11.4. The molecule has 0 radical (unpaired) electrons. The molecule has 1 N–H and O–H groups in total. The molecule has 0 bridgehead atoms. The smallest absolute Gasteiger partial charge is 0.130 e. The second-order valence-corrected chi connectivity index (χ2v) is 7.39. The van der Waals surface area contributed by atoms with Crippen molar-refractivity contribution in [1.29, 1.82) is 0 Å². The Morgan fingerprint density at radius 1 is 1.00 bits per heavy atom. The van der Waals surface area contributed by atoms with Crippen molar-refractivity contribution in [3.8, 4) is 22.6 Å². The van der Waals surface area contributed by atoms with Crippen LogP contribution in [0, 0.1) is 6.92 Å².